The fourth-order valence-electron chi connectivity index (χ4n) is 5.10. The van der Waals surface area contributed by atoms with Crippen molar-refractivity contribution in [1.29, 1.82) is 0 Å². The number of hydrogen-bond donors (Lipinski definition) is 0. The van der Waals surface area contributed by atoms with Crippen molar-refractivity contribution < 1.29 is 9.21 Å². The van der Waals surface area contributed by atoms with Gasteiger partial charge in [0.05, 0.1) is 22.2 Å². The van der Waals surface area contributed by atoms with Gasteiger partial charge in [-0.2, -0.15) is 0 Å². The van der Waals surface area contributed by atoms with E-state index in [1.165, 1.54) is 11.8 Å². The molecule has 0 radical (unpaired) electrons. The number of anilines is 2. The topological polar surface area (TPSA) is 65.7 Å². The number of rotatable bonds is 9. The number of para-hydroxylation sites is 1. The Morgan fingerprint density at radius 2 is 1.53 bits per heavy atom. The zero-order chi connectivity index (χ0) is 29.6. The molecule has 6 rings (SSSR count). The van der Waals surface area contributed by atoms with Crippen LogP contribution in [0.25, 0.3) is 11.3 Å². The molecule has 3 aromatic carbocycles. The molecule has 0 bridgehead atoms. The fraction of sp³-hybridized carbons (Fsp3) is 0.206. The number of furan rings is 1. The number of piperazine rings is 1. The van der Waals surface area contributed by atoms with Crippen molar-refractivity contribution in [3.8, 4) is 11.3 Å². The largest absolute Gasteiger partial charge is 0.455 e. The van der Waals surface area contributed by atoms with E-state index in [9.17, 15) is 4.79 Å². The van der Waals surface area contributed by atoms with Crippen LogP contribution in [0.1, 0.15) is 21.9 Å². The van der Waals surface area contributed by atoms with Crippen LogP contribution in [0.4, 0.5) is 11.5 Å². The number of halogens is 1. The standard InChI is InChI=1S/C34H32ClN5O2S/c1-38(23-25-10-4-2-5-11-25)33(41)31-17-16-27(42-31)24-43-34-36-29(26-12-6-3-7-13-26)22-32(37-34)40-20-18-39(19-21-40)30-15-9-8-14-28(30)35/h2-17,22H,18-21,23-24H2,1H3. The van der Waals surface area contributed by atoms with Crippen LogP contribution >= 0.6 is 23.4 Å². The number of hydrogen-bond acceptors (Lipinski definition) is 7. The van der Waals surface area contributed by atoms with E-state index in [2.05, 4.69) is 34.1 Å². The Morgan fingerprint density at radius 3 is 2.28 bits per heavy atom. The normalized spacial score (nSPS) is 13.3. The molecule has 43 heavy (non-hydrogen) atoms. The van der Waals surface area contributed by atoms with Gasteiger partial charge >= 0.3 is 0 Å². The van der Waals surface area contributed by atoms with Gasteiger partial charge in [-0.1, -0.05) is 96.2 Å². The molecule has 0 aliphatic carbocycles. The molecule has 7 nitrogen and oxygen atoms in total. The fourth-order valence-corrected chi connectivity index (χ4v) is 6.11. The molecule has 1 saturated heterocycles. The van der Waals surface area contributed by atoms with E-state index in [1.807, 2.05) is 72.8 Å². The van der Waals surface area contributed by atoms with Crippen molar-refractivity contribution in [2.24, 2.45) is 0 Å². The Kier molecular flexibility index (Phi) is 8.96. The molecule has 3 heterocycles. The second-order valence-corrected chi connectivity index (χ2v) is 11.7. The first-order chi connectivity index (χ1) is 21.0. The number of amides is 1. The van der Waals surface area contributed by atoms with Crippen LogP contribution in [-0.2, 0) is 12.3 Å². The first kappa shape index (κ1) is 28.8. The molecule has 0 atom stereocenters. The summed E-state index contributed by atoms with van der Waals surface area (Å²) in [6.45, 7) is 3.85. The minimum Gasteiger partial charge on any atom is -0.455 e. The molecule has 5 aromatic rings. The van der Waals surface area contributed by atoms with Crippen LogP contribution in [0.3, 0.4) is 0 Å². The number of thioether (sulfide) groups is 1. The summed E-state index contributed by atoms with van der Waals surface area (Å²) < 4.78 is 5.96. The first-order valence-electron chi connectivity index (χ1n) is 14.2. The SMILES string of the molecule is CN(Cc1ccccc1)C(=O)c1ccc(CSc2nc(-c3ccccc3)cc(N3CCN(c4ccccc4Cl)CC3)n2)o1. The van der Waals surface area contributed by atoms with Gasteiger partial charge in [0.15, 0.2) is 10.9 Å². The third-order valence-electron chi connectivity index (χ3n) is 7.38. The van der Waals surface area contributed by atoms with E-state index in [-0.39, 0.29) is 5.91 Å². The molecule has 0 saturated carbocycles. The number of carbonyl (C=O) groups excluding carboxylic acids is 1. The minimum absolute atomic E-state index is 0.152. The molecule has 1 amide bonds. The molecule has 218 valence electrons. The minimum atomic E-state index is -0.152. The number of aromatic nitrogens is 2. The molecule has 0 spiro atoms. The van der Waals surface area contributed by atoms with E-state index in [1.54, 1.807) is 18.0 Å². The summed E-state index contributed by atoms with van der Waals surface area (Å²) in [6, 6.07) is 33.7. The molecule has 9 heteroatoms. The van der Waals surface area contributed by atoms with Crippen LogP contribution in [0.5, 0.6) is 0 Å². The molecular weight excluding hydrogens is 578 g/mol. The summed E-state index contributed by atoms with van der Waals surface area (Å²) in [5, 5.41) is 1.43. The van der Waals surface area contributed by atoms with Crippen LogP contribution in [-0.4, -0.2) is 54.0 Å². The summed E-state index contributed by atoms with van der Waals surface area (Å²) in [5.41, 5.74) is 4.04. The van der Waals surface area contributed by atoms with Crippen molar-refractivity contribution in [2.75, 3.05) is 43.0 Å². The average Bonchev–Trinajstić information content (AvgIpc) is 3.54. The van der Waals surface area contributed by atoms with E-state index in [0.717, 1.165) is 59.5 Å². The van der Waals surface area contributed by atoms with Gasteiger partial charge in [0.25, 0.3) is 5.91 Å². The maximum atomic E-state index is 13.0. The van der Waals surface area contributed by atoms with Gasteiger partial charge in [-0.25, -0.2) is 9.97 Å². The first-order valence-corrected chi connectivity index (χ1v) is 15.6. The highest BCUT2D eigenvalue weighted by atomic mass is 35.5. The summed E-state index contributed by atoms with van der Waals surface area (Å²) >= 11 is 7.97. The van der Waals surface area contributed by atoms with Gasteiger partial charge in [0, 0.05) is 51.4 Å². The van der Waals surface area contributed by atoms with Crippen molar-refractivity contribution >= 4 is 40.8 Å². The van der Waals surface area contributed by atoms with Crippen molar-refractivity contribution in [3.63, 3.8) is 0 Å². The van der Waals surface area contributed by atoms with Crippen molar-refractivity contribution in [3.05, 3.63) is 125 Å². The average molecular weight is 610 g/mol. The lowest BCUT2D eigenvalue weighted by molar-refractivity contribution is 0.0752. The Bertz CT molecular complexity index is 1670. The molecule has 0 N–H and O–H groups in total. The number of benzene rings is 3. The molecule has 1 fully saturated rings. The summed E-state index contributed by atoms with van der Waals surface area (Å²) in [7, 11) is 1.78. The van der Waals surface area contributed by atoms with E-state index in [4.69, 9.17) is 26.0 Å². The predicted molar refractivity (Wildman–Crippen MR) is 174 cm³/mol. The predicted octanol–water partition coefficient (Wildman–Crippen LogP) is 7.28. The van der Waals surface area contributed by atoms with E-state index in [0.29, 0.717) is 29.0 Å². The summed E-state index contributed by atoms with van der Waals surface area (Å²) in [5.74, 6) is 2.27. The van der Waals surface area contributed by atoms with E-state index >= 15 is 0 Å². The Labute approximate surface area is 261 Å². The van der Waals surface area contributed by atoms with Crippen LogP contribution < -0.4 is 9.80 Å². The van der Waals surface area contributed by atoms with Gasteiger partial charge in [0.2, 0.25) is 0 Å². The van der Waals surface area contributed by atoms with Crippen LogP contribution in [0.15, 0.2) is 113 Å². The Balaban J connectivity index is 1.15. The molecule has 0 unspecified atom stereocenters. The monoisotopic (exact) mass is 609 g/mol. The Morgan fingerprint density at radius 1 is 0.860 bits per heavy atom. The van der Waals surface area contributed by atoms with Crippen molar-refractivity contribution in [1.82, 2.24) is 14.9 Å². The third-order valence-corrected chi connectivity index (χ3v) is 8.57. The van der Waals surface area contributed by atoms with Gasteiger partial charge in [-0.3, -0.25) is 4.79 Å². The smallest absolute Gasteiger partial charge is 0.289 e. The van der Waals surface area contributed by atoms with Crippen molar-refractivity contribution in [2.45, 2.75) is 17.5 Å². The van der Waals surface area contributed by atoms with Crippen LogP contribution in [0.2, 0.25) is 5.02 Å². The van der Waals surface area contributed by atoms with Gasteiger partial charge in [-0.05, 0) is 29.8 Å². The second kappa shape index (κ2) is 13.4. The van der Waals surface area contributed by atoms with Crippen LogP contribution in [0, 0.1) is 0 Å². The zero-order valence-electron chi connectivity index (χ0n) is 23.9. The van der Waals surface area contributed by atoms with Gasteiger partial charge in [-0.15, -0.1) is 0 Å². The van der Waals surface area contributed by atoms with Gasteiger partial charge in [0.1, 0.15) is 11.6 Å². The highest BCUT2D eigenvalue weighted by Crippen LogP contribution is 2.30. The highest BCUT2D eigenvalue weighted by Gasteiger charge is 2.22. The maximum absolute atomic E-state index is 13.0. The molecule has 2 aromatic heterocycles. The second-order valence-electron chi connectivity index (χ2n) is 10.4. The highest BCUT2D eigenvalue weighted by molar-refractivity contribution is 7.98. The summed E-state index contributed by atoms with van der Waals surface area (Å²) in [4.78, 5) is 29.1. The summed E-state index contributed by atoms with van der Waals surface area (Å²) in [6.07, 6.45) is 0. The molecule has 1 aliphatic rings. The number of nitrogens with zero attached hydrogens (tertiary/aromatic N) is 5. The third kappa shape index (κ3) is 7.04. The lowest BCUT2D eigenvalue weighted by Gasteiger charge is -2.37. The molecule has 1 aliphatic heterocycles. The quantitative estimate of drug-likeness (QED) is 0.128. The Hall–Kier alpha value is -4.27. The lowest BCUT2D eigenvalue weighted by Crippen LogP contribution is -2.47. The maximum Gasteiger partial charge on any atom is 0.289 e. The number of carbonyl (C=O) groups is 1. The van der Waals surface area contributed by atoms with E-state index < -0.39 is 0 Å². The lowest BCUT2D eigenvalue weighted by atomic mass is 10.1. The molecular formula is C34H32ClN5O2S. The van der Waals surface area contributed by atoms with Gasteiger partial charge < -0.3 is 19.1 Å². The zero-order valence-corrected chi connectivity index (χ0v) is 25.5.